The molecular weight excluding hydrogens is 354 g/mol. The van der Waals surface area contributed by atoms with E-state index in [2.05, 4.69) is 0 Å². The van der Waals surface area contributed by atoms with Gasteiger partial charge in [0, 0.05) is 0 Å². The van der Waals surface area contributed by atoms with Crippen molar-refractivity contribution in [2.24, 2.45) is 0 Å². The number of amides is 1. The Balaban J connectivity index is 1.94. The first-order valence-electron chi connectivity index (χ1n) is 7.65. The highest BCUT2D eigenvalue weighted by atomic mass is 32.2. The first kappa shape index (κ1) is 17.4. The number of thioether (sulfide) groups is 1. The highest BCUT2D eigenvalue weighted by molar-refractivity contribution is 8.26. The summed E-state index contributed by atoms with van der Waals surface area (Å²) in [6.45, 7) is 0. The lowest BCUT2D eigenvalue weighted by molar-refractivity contribution is -0.138. The smallest absolute Gasteiger partial charge is 0.305 e. The maximum atomic E-state index is 12.9. The van der Waals surface area contributed by atoms with Gasteiger partial charge in [0.2, 0.25) is 0 Å². The molecule has 1 N–H and O–H groups in total. The van der Waals surface area contributed by atoms with Crippen molar-refractivity contribution in [2.45, 2.75) is 12.5 Å². The molecular formula is C19H15NO3S2. The van der Waals surface area contributed by atoms with Gasteiger partial charge >= 0.3 is 5.97 Å². The molecule has 1 aliphatic heterocycles. The molecule has 25 heavy (non-hydrogen) atoms. The average molecular weight is 369 g/mol. The van der Waals surface area contributed by atoms with Gasteiger partial charge in [0.1, 0.15) is 4.32 Å². The topological polar surface area (TPSA) is 57.6 Å². The molecule has 1 atom stereocenters. The number of nitrogens with zero attached hydrogens (tertiary/aromatic N) is 1. The summed E-state index contributed by atoms with van der Waals surface area (Å²) >= 11 is 6.58. The standard InChI is InChI=1S/C19H15NO3S2/c21-17(22)12-15(14-9-5-2-6-10-14)20-18(23)16(25-19(20)24)11-13-7-3-1-4-8-13/h1-11,15H,12H2,(H,21,22). The van der Waals surface area contributed by atoms with Crippen LogP contribution in [0.25, 0.3) is 6.08 Å². The van der Waals surface area contributed by atoms with Gasteiger partial charge in [0.05, 0.1) is 17.4 Å². The number of carbonyl (C=O) groups excluding carboxylic acids is 1. The lowest BCUT2D eigenvalue weighted by Crippen LogP contribution is -2.34. The van der Waals surface area contributed by atoms with Crippen molar-refractivity contribution in [1.82, 2.24) is 4.90 Å². The predicted molar refractivity (Wildman–Crippen MR) is 103 cm³/mol. The molecule has 1 saturated heterocycles. The van der Waals surface area contributed by atoms with Crippen molar-refractivity contribution in [3.05, 3.63) is 76.7 Å². The van der Waals surface area contributed by atoms with Crippen molar-refractivity contribution in [3.63, 3.8) is 0 Å². The second kappa shape index (κ2) is 7.63. The van der Waals surface area contributed by atoms with E-state index in [-0.39, 0.29) is 12.3 Å². The maximum absolute atomic E-state index is 12.9. The van der Waals surface area contributed by atoms with E-state index in [0.29, 0.717) is 9.23 Å². The van der Waals surface area contributed by atoms with Gasteiger partial charge in [0.15, 0.2) is 0 Å². The van der Waals surface area contributed by atoms with Gasteiger partial charge in [-0.05, 0) is 17.2 Å². The summed E-state index contributed by atoms with van der Waals surface area (Å²) in [7, 11) is 0. The molecule has 0 radical (unpaired) electrons. The van der Waals surface area contributed by atoms with Crippen LogP contribution in [0.3, 0.4) is 0 Å². The largest absolute Gasteiger partial charge is 0.481 e. The Kier molecular flexibility index (Phi) is 5.31. The molecule has 126 valence electrons. The summed E-state index contributed by atoms with van der Waals surface area (Å²) in [4.78, 5) is 26.1. The number of carboxylic acids is 1. The minimum atomic E-state index is -0.977. The van der Waals surface area contributed by atoms with Crippen LogP contribution in [0.5, 0.6) is 0 Å². The third kappa shape index (κ3) is 3.97. The fourth-order valence-corrected chi connectivity index (χ4v) is 4.00. The number of benzene rings is 2. The van der Waals surface area contributed by atoms with E-state index in [9.17, 15) is 14.7 Å². The number of aliphatic carboxylic acids is 1. The minimum absolute atomic E-state index is 0.199. The third-order valence-electron chi connectivity index (χ3n) is 3.78. The van der Waals surface area contributed by atoms with Crippen molar-refractivity contribution < 1.29 is 14.7 Å². The van der Waals surface area contributed by atoms with E-state index < -0.39 is 12.0 Å². The van der Waals surface area contributed by atoms with Gasteiger partial charge in [-0.25, -0.2) is 0 Å². The summed E-state index contributed by atoms with van der Waals surface area (Å²) < 4.78 is 0.377. The molecule has 0 spiro atoms. The van der Waals surface area contributed by atoms with Gasteiger partial charge in [0.25, 0.3) is 5.91 Å². The van der Waals surface area contributed by atoms with Crippen molar-refractivity contribution in [2.75, 3.05) is 0 Å². The minimum Gasteiger partial charge on any atom is -0.481 e. The zero-order valence-electron chi connectivity index (χ0n) is 13.2. The van der Waals surface area contributed by atoms with E-state index in [4.69, 9.17) is 12.2 Å². The number of carboxylic acid groups (broad SMARTS) is 1. The number of hydrogen-bond acceptors (Lipinski definition) is 4. The van der Waals surface area contributed by atoms with Crippen LogP contribution in [0.2, 0.25) is 0 Å². The van der Waals surface area contributed by atoms with Crippen molar-refractivity contribution in [3.8, 4) is 0 Å². The molecule has 1 fully saturated rings. The normalized spacial score (nSPS) is 17.1. The maximum Gasteiger partial charge on any atom is 0.305 e. The fourth-order valence-electron chi connectivity index (χ4n) is 2.65. The lowest BCUT2D eigenvalue weighted by Gasteiger charge is -2.26. The first-order chi connectivity index (χ1) is 12.1. The number of hydrogen-bond donors (Lipinski definition) is 1. The van der Waals surface area contributed by atoms with Gasteiger partial charge in [-0.3, -0.25) is 14.5 Å². The first-order valence-corrected chi connectivity index (χ1v) is 8.87. The van der Waals surface area contributed by atoms with Crippen LogP contribution >= 0.6 is 24.0 Å². The van der Waals surface area contributed by atoms with Crippen LogP contribution in [-0.4, -0.2) is 26.2 Å². The van der Waals surface area contributed by atoms with E-state index in [1.54, 1.807) is 6.08 Å². The molecule has 0 bridgehead atoms. The predicted octanol–water partition coefficient (Wildman–Crippen LogP) is 4.10. The van der Waals surface area contributed by atoms with Crippen LogP contribution in [0.4, 0.5) is 0 Å². The summed E-state index contributed by atoms with van der Waals surface area (Å²) in [5, 5.41) is 9.28. The molecule has 1 aliphatic rings. The highest BCUT2D eigenvalue weighted by Gasteiger charge is 2.38. The second-order valence-electron chi connectivity index (χ2n) is 5.49. The number of rotatable bonds is 5. The van der Waals surface area contributed by atoms with E-state index in [1.807, 2.05) is 60.7 Å². The second-order valence-corrected chi connectivity index (χ2v) is 7.16. The molecule has 4 nitrogen and oxygen atoms in total. The highest BCUT2D eigenvalue weighted by Crippen LogP contribution is 2.39. The lowest BCUT2D eigenvalue weighted by atomic mass is 10.0. The Hall–Kier alpha value is -2.44. The Morgan fingerprint density at radius 1 is 1.12 bits per heavy atom. The Bertz CT molecular complexity index is 834. The van der Waals surface area contributed by atoms with Gasteiger partial charge in [-0.1, -0.05) is 84.6 Å². The molecule has 0 saturated carbocycles. The molecule has 1 unspecified atom stereocenters. The van der Waals surface area contributed by atoms with E-state index >= 15 is 0 Å². The monoisotopic (exact) mass is 369 g/mol. The summed E-state index contributed by atoms with van der Waals surface area (Å²) in [5.74, 6) is -1.23. The summed E-state index contributed by atoms with van der Waals surface area (Å²) in [6, 6.07) is 18.0. The summed E-state index contributed by atoms with van der Waals surface area (Å²) in [6.07, 6.45) is 1.58. The SMILES string of the molecule is O=C(O)CC(c1ccccc1)N1C(=O)C(=Cc2ccccc2)SC1=S. The number of thiocarbonyl (C=S) groups is 1. The van der Waals surface area contributed by atoms with Crippen LogP contribution in [0.15, 0.2) is 65.6 Å². The fraction of sp³-hybridized carbons (Fsp3) is 0.105. The van der Waals surface area contributed by atoms with Gasteiger partial charge < -0.3 is 5.11 Å². The summed E-state index contributed by atoms with van der Waals surface area (Å²) in [5.41, 5.74) is 1.65. The Morgan fingerprint density at radius 3 is 2.32 bits per heavy atom. The molecule has 1 heterocycles. The van der Waals surface area contributed by atoms with Gasteiger partial charge in [-0.2, -0.15) is 0 Å². The van der Waals surface area contributed by atoms with E-state index in [0.717, 1.165) is 11.1 Å². The van der Waals surface area contributed by atoms with Crippen LogP contribution in [0, 0.1) is 0 Å². The zero-order valence-corrected chi connectivity index (χ0v) is 14.8. The van der Waals surface area contributed by atoms with E-state index in [1.165, 1.54) is 16.7 Å². The van der Waals surface area contributed by atoms with Crippen molar-refractivity contribution in [1.29, 1.82) is 0 Å². The number of carbonyl (C=O) groups is 2. The molecule has 2 aromatic rings. The van der Waals surface area contributed by atoms with Crippen LogP contribution in [-0.2, 0) is 9.59 Å². The average Bonchev–Trinajstić information content (AvgIpc) is 2.88. The Morgan fingerprint density at radius 2 is 1.72 bits per heavy atom. The molecule has 0 aliphatic carbocycles. The zero-order chi connectivity index (χ0) is 17.8. The molecule has 3 rings (SSSR count). The third-order valence-corrected chi connectivity index (χ3v) is 5.12. The van der Waals surface area contributed by atoms with Gasteiger partial charge in [-0.15, -0.1) is 0 Å². The molecule has 6 heteroatoms. The molecule has 1 amide bonds. The molecule has 0 aromatic heterocycles. The quantitative estimate of drug-likeness (QED) is 0.635. The Labute approximate surface area is 155 Å². The van der Waals surface area contributed by atoms with Crippen LogP contribution in [0.1, 0.15) is 23.6 Å². The van der Waals surface area contributed by atoms with Crippen LogP contribution < -0.4 is 0 Å². The molecule has 2 aromatic carbocycles. The van der Waals surface area contributed by atoms with Crippen molar-refractivity contribution >= 4 is 46.3 Å².